The molecular formula is C29H38O8. The number of aliphatic carboxylic acids is 2. The zero-order valence-electron chi connectivity index (χ0n) is 21.6. The minimum atomic E-state index is -1.68. The predicted octanol–water partition coefficient (Wildman–Crippen LogP) is 3.42. The van der Waals surface area contributed by atoms with Gasteiger partial charge in [-0.3, -0.25) is 19.2 Å². The molecule has 3 N–H and O–H groups in total. The molecule has 1 saturated heterocycles. The molecule has 5 aliphatic rings. The molecule has 3 saturated carbocycles. The Kier molecular flexibility index (Phi) is 6.72. The Morgan fingerprint density at radius 2 is 1.86 bits per heavy atom. The van der Waals surface area contributed by atoms with Gasteiger partial charge < -0.3 is 20.1 Å². The summed E-state index contributed by atoms with van der Waals surface area (Å²) >= 11 is 0. The highest BCUT2D eigenvalue weighted by molar-refractivity contribution is 6.01. The van der Waals surface area contributed by atoms with Gasteiger partial charge in [0, 0.05) is 30.3 Å². The average Bonchev–Trinajstić information content (AvgIpc) is 3.11. The molecule has 0 aromatic heterocycles. The van der Waals surface area contributed by atoms with Crippen LogP contribution < -0.4 is 0 Å². The van der Waals surface area contributed by atoms with E-state index in [1.165, 1.54) is 0 Å². The van der Waals surface area contributed by atoms with Gasteiger partial charge in [0.05, 0.1) is 12.2 Å². The molecule has 4 fully saturated rings. The maximum absolute atomic E-state index is 13.9. The van der Waals surface area contributed by atoms with Crippen LogP contribution in [0.15, 0.2) is 23.8 Å². The van der Waals surface area contributed by atoms with Crippen LogP contribution in [0.4, 0.5) is 0 Å². The van der Waals surface area contributed by atoms with E-state index in [0.29, 0.717) is 32.3 Å². The summed E-state index contributed by atoms with van der Waals surface area (Å²) in [5, 5.41) is 31.5. The lowest BCUT2D eigenvalue weighted by molar-refractivity contribution is -0.159. The Balaban J connectivity index is 1.53. The zero-order valence-corrected chi connectivity index (χ0v) is 21.6. The van der Waals surface area contributed by atoms with Crippen LogP contribution in [0.5, 0.6) is 0 Å². The lowest BCUT2D eigenvalue weighted by atomic mass is 9.46. The van der Waals surface area contributed by atoms with Crippen LogP contribution in [-0.4, -0.2) is 57.6 Å². The third kappa shape index (κ3) is 4.20. The minimum absolute atomic E-state index is 0.0109. The summed E-state index contributed by atoms with van der Waals surface area (Å²) in [6.45, 7) is 4.61. The summed E-state index contributed by atoms with van der Waals surface area (Å²) < 4.78 is 5.81. The number of carbonyl (C=O) groups excluding carboxylic acids is 2. The van der Waals surface area contributed by atoms with Gasteiger partial charge in [-0.25, -0.2) is 0 Å². The molecule has 8 heteroatoms. The van der Waals surface area contributed by atoms with Crippen LogP contribution >= 0.6 is 0 Å². The normalized spacial score (nSPS) is 43.0. The van der Waals surface area contributed by atoms with Crippen LogP contribution in [0.3, 0.4) is 0 Å². The Hall–Kier alpha value is -2.32. The van der Waals surface area contributed by atoms with Crippen LogP contribution in [0.25, 0.3) is 0 Å². The summed E-state index contributed by atoms with van der Waals surface area (Å²) in [6, 6.07) is 0. The number of carboxylic acid groups (broad SMARTS) is 2. The van der Waals surface area contributed by atoms with Crippen LogP contribution in [0.1, 0.15) is 65.2 Å². The summed E-state index contributed by atoms with van der Waals surface area (Å²) in [5.74, 6) is -6.61. The number of aliphatic hydroxyl groups excluding tert-OH is 1. The number of hydrogen-bond donors (Lipinski definition) is 3. The summed E-state index contributed by atoms with van der Waals surface area (Å²) in [6.07, 6.45) is 9.00. The number of Topliss-reactive ketones (excluding diaryl/α,β-unsaturated/α-hetero) is 1. The van der Waals surface area contributed by atoms with E-state index in [1.54, 1.807) is 12.2 Å². The molecule has 0 spiro atoms. The van der Waals surface area contributed by atoms with Crippen molar-refractivity contribution >= 4 is 23.5 Å². The minimum Gasteiger partial charge on any atom is -0.481 e. The molecule has 1 heterocycles. The molecule has 202 valence electrons. The maximum Gasteiger partial charge on any atom is 0.318 e. The van der Waals surface area contributed by atoms with E-state index >= 15 is 0 Å². The number of allylic oxidation sites excluding steroid dienone is 4. The fourth-order valence-electron chi connectivity index (χ4n) is 9.15. The highest BCUT2D eigenvalue weighted by Gasteiger charge is 2.66. The second-order valence-corrected chi connectivity index (χ2v) is 12.5. The van der Waals surface area contributed by atoms with Crippen molar-refractivity contribution in [1.29, 1.82) is 0 Å². The van der Waals surface area contributed by atoms with Gasteiger partial charge in [-0.2, -0.15) is 0 Å². The molecule has 2 unspecified atom stereocenters. The first kappa shape index (κ1) is 26.3. The summed E-state index contributed by atoms with van der Waals surface area (Å²) in [5.41, 5.74) is -0.204. The molecule has 0 aromatic rings. The largest absolute Gasteiger partial charge is 0.481 e. The van der Waals surface area contributed by atoms with Crippen molar-refractivity contribution in [2.24, 2.45) is 46.3 Å². The summed E-state index contributed by atoms with van der Waals surface area (Å²) in [7, 11) is 0. The average molecular weight is 515 g/mol. The number of ether oxygens (including phenoxy) is 1. The van der Waals surface area contributed by atoms with Crippen molar-refractivity contribution in [3.05, 3.63) is 23.8 Å². The van der Waals surface area contributed by atoms with Crippen LogP contribution in [-0.2, 0) is 23.9 Å². The van der Waals surface area contributed by atoms with Gasteiger partial charge in [0.25, 0.3) is 0 Å². The number of hydrogen-bond acceptors (Lipinski definition) is 6. The highest BCUT2D eigenvalue weighted by Crippen LogP contribution is 2.68. The Morgan fingerprint density at radius 3 is 2.51 bits per heavy atom. The topological polar surface area (TPSA) is 138 Å². The molecule has 0 amide bonds. The van der Waals surface area contributed by atoms with E-state index in [2.05, 4.69) is 6.92 Å². The van der Waals surface area contributed by atoms with E-state index in [1.807, 2.05) is 13.0 Å². The van der Waals surface area contributed by atoms with E-state index < -0.39 is 46.6 Å². The first-order valence-electron chi connectivity index (χ1n) is 13.7. The second-order valence-electron chi connectivity index (χ2n) is 12.5. The maximum atomic E-state index is 13.9. The SMILES string of the molecule is C[C@]12C[C@H](O)[C@H]3[C@@H](CCC4=CC(=O)C=C[C@@]43C)[C@@H]1CC(C(C(=O)O)C(=O)O)[C@@H]2C(=O)CC1CCCCO1. The standard InChI is InChI=1S/C29H38O8/c1-28-9-8-16(30)11-15(28)6-7-18-20-13-19(23(26(33)34)27(35)36)25(29(20,2)14-22(32)24(18)28)21(31)12-17-5-3-4-10-37-17/h8-9,11,17-20,22-25,32H,3-7,10,12-14H2,1-2H3,(H,33,34)(H,35,36)/t17?,18-,19?,20-,22-,24+,25+,28-,29-/m0/s1. The van der Waals surface area contributed by atoms with Crippen molar-refractivity contribution in [3.8, 4) is 0 Å². The number of carboxylic acids is 2. The molecule has 0 bridgehead atoms. The number of ketones is 2. The van der Waals surface area contributed by atoms with Gasteiger partial charge in [-0.1, -0.05) is 25.5 Å². The van der Waals surface area contributed by atoms with Crippen molar-refractivity contribution in [2.75, 3.05) is 6.61 Å². The summed E-state index contributed by atoms with van der Waals surface area (Å²) in [4.78, 5) is 50.4. The highest BCUT2D eigenvalue weighted by atomic mass is 16.5. The number of fused-ring (bicyclic) bond motifs is 5. The van der Waals surface area contributed by atoms with Gasteiger partial charge in [-0.05, 0) is 80.3 Å². The molecule has 9 atom stereocenters. The molecule has 5 rings (SSSR count). The monoisotopic (exact) mass is 514 g/mol. The molecule has 0 radical (unpaired) electrons. The Bertz CT molecular complexity index is 1040. The molecule has 8 nitrogen and oxygen atoms in total. The van der Waals surface area contributed by atoms with E-state index in [4.69, 9.17) is 4.74 Å². The third-order valence-electron chi connectivity index (χ3n) is 10.6. The Morgan fingerprint density at radius 1 is 1.14 bits per heavy atom. The van der Waals surface area contributed by atoms with Gasteiger partial charge in [0.2, 0.25) is 0 Å². The van der Waals surface area contributed by atoms with Gasteiger partial charge >= 0.3 is 11.9 Å². The fraction of sp³-hybridized carbons (Fsp3) is 0.724. The molecule has 1 aliphatic heterocycles. The number of rotatable bonds is 6. The first-order valence-corrected chi connectivity index (χ1v) is 13.7. The second kappa shape index (κ2) is 9.45. The van der Waals surface area contributed by atoms with Crippen LogP contribution in [0.2, 0.25) is 0 Å². The molecule has 0 aromatic carbocycles. The lowest BCUT2D eigenvalue weighted by Crippen LogP contribution is -2.56. The van der Waals surface area contributed by atoms with E-state index in [9.17, 15) is 34.5 Å². The fourth-order valence-corrected chi connectivity index (χ4v) is 9.15. The number of carbonyl (C=O) groups is 4. The first-order chi connectivity index (χ1) is 17.5. The van der Waals surface area contributed by atoms with Gasteiger partial charge in [0.1, 0.15) is 5.78 Å². The van der Waals surface area contributed by atoms with E-state index in [-0.39, 0.29) is 41.8 Å². The van der Waals surface area contributed by atoms with E-state index in [0.717, 1.165) is 24.8 Å². The molecular weight excluding hydrogens is 476 g/mol. The van der Waals surface area contributed by atoms with Crippen molar-refractivity contribution in [2.45, 2.75) is 77.4 Å². The third-order valence-corrected chi connectivity index (χ3v) is 10.6. The predicted molar refractivity (Wildman–Crippen MR) is 132 cm³/mol. The quantitative estimate of drug-likeness (QED) is 0.459. The van der Waals surface area contributed by atoms with Gasteiger partial charge in [0.15, 0.2) is 11.7 Å². The van der Waals surface area contributed by atoms with Gasteiger partial charge in [-0.15, -0.1) is 0 Å². The molecule has 4 aliphatic carbocycles. The van der Waals surface area contributed by atoms with Crippen LogP contribution in [0, 0.1) is 46.3 Å². The smallest absolute Gasteiger partial charge is 0.318 e. The lowest BCUT2D eigenvalue weighted by Gasteiger charge is -2.58. The number of aliphatic hydroxyl groups is 1. The Labute approximate surface area is 217 Å². The van der Waals surface area contributed by atoms with Crippen molar-refractivity contribution in [3.63, 3.8) is 0 Å². The molecule has 37 heavy (non-hydrogen) atoms. The zero-order chi connectivity index (χ0) is 26.7. The van der Waals surface area contributed by atoms with Crippen molar-refractivity contribution < 1.29 is 39.2 Å². The van der Waals surface area contributed by atoms with Crippen molar-refractivity contribution in [1.82, 2.24) is 0 Å².